The summed E-state index contributed by atoms with van der Waals surface area (Å²) >= 11 is 0. The number of rotatable bonds is 4. The van der Waals surface area contributed by atoms with Crippen LogP contribution >= 0.6 is 0 Å². The molecular weight excluding hydrogens is 248 g/mol. The van der Waals surface area contributed by atoms with Gasteiger partial charge in [-0.3, -0.25) is 0 Å². The molecule has 0 aromatic heterocycles. The van der Waals surface area contributed by atoms with Crippen molar-refractivity contribution in [3.63, 3.8) is 0 Å². The van der Waals surface area contributed by atoms with Crippen LogP contribution in [0.5, 0.6) is 5.75 Å². The Bertz CT molecular complexity index is 482. The first-order valence-corrected chi connectivity index (χ1v) is 5.61. The minimum absolute atomic E-state index is 0.106. The number of amides is 2. The van der Waals surface area contributed by atoms with Crippen molar-refractivity contribution in [3.05, 3.63) is 36.4 Å². The van der Waals surface area contributed by atoms with Gasteiger partial charge >= 0.3 is 12.0 Å². The van der Waals surface area contributed by atoms with Crippen LogP contribution in [0.2, 0.25) is 0 Å². The Balaban J connectivity index is 2.44. The first-order chi connectivity index (χ1) is 8.88. The zero-order chi connectivity index (χ0) is 14.4. The number of hydrogen-bond acceptors (Lipinski definition) is 4. The van der Waals surface area contributed by atoms with Crippen LogP contribution in [0, 0.1) is 0 Å². The van der Waals surface area contributed by atoms with Crippen molar-refractivity contribution in [2.45, 2.75) is 20.1 Å². The summed E-state index contributed by atoms with van der Waals surface area (Å²) < 4.78 is 4.89. The fourth-order valence-corrected chi connectivity index (χ4v) is 1.19. The molecule has 0 aliphatic carbocycles. The van der Waals surface area contributed by atoms with E-state index in [1.165, 1.54) is 26.0 Å². The van der Waals surface area contributed by atoms with Crippen LogP contribution in [0.15, 0.2) is 36.4 Å². The van der Waals surface area contributed by atoms with Crippen molar-refractivity contribution in [3.8, 4) is 5.75 Å². The summed E-state index contributed by atoms with van der Waals surface area (Å²) in [6.45, 7) is 6.48. The molecule has 0 radical (unpaired) electrons. The van der Waals surface area contributed by atoms with Gasteiger partial charge in [0.05, 0.1) is 0 Å². The van der Waals surface area contributed by atoms with Crippen molar-refractivity contribution in [1.82, 2.24) is 5.32 Å². The molecule has 0 saturated carbocycles. The minimum Gasteiger partial charge on any atom is -0.508 e. The number of phenols is 1. The maximum Gasteiger partial charge on any atom is 0.335 e. The smallest absolute Gasteiger partial charge is 0.335 e. The number of ether oxygens (including phenoxy) is 1. The Morgan fingerprint density at radius 2 is 1.89 bits per heavy atom. The number of anilines is 1. The van der Waals surface area contributed by atoms with Gasteiger partial charge in [-0.25, -0.2) is 9.59 Å². The van der Waals surface area contributed by atoms with E-state index in [-0.39, 0.29) is 11.3 Å². The number of phenolic OH excluding ortho intramolecular Hbond substituents is 1. The largest absolute Gasteiger partial charge is 0.508 e. The lowest BCUT2D eigenvalue weighted by molar-refractivity contribution is -0.144. The lowest BCUT2D eigenvalue weighted by Gasteiger charge is -2.15. The molecule has 0 bridgehead atoms. The molecule has 1 atom stereocenters. The summed E-state index contributed by atoms with van der Waals surface area (Å²) in [5.74, 6) is -0.466. The molecule has 19 heavy (non-hydrogen) atoms. The second-order valence-corrected chi connectivity index (χ2v) is 3.97. The quantitative estimate of drug-likeness (QED) is 0.336. The molecule has 0 aliphatic heterocycles. The Labute approximate surface area is 111 Å². The van der Waals surface area contributed by atoms with Gasteiger partial charge in [0.2, 0.25) is 0 Å². The van der Waals surface area contributed by atoms with Gasteiger partial charge in [-0.1, -0.05) is 6.58 Å². The van der Waals surface area contributed by atoms with Crippen LogP contribution < -0.4 is 10.6 Å². The highest BCUT2D eigenvalue weighted by Gasteiger charge is 2.12. The second kappa shape index (κ2) is 6.44. The molecule has 3 N–H and O–H groups in total. The van der Waals surface area contributed by atoms with Crippen molar-refractivity contribution < 1.29 is 19.4 Å². The molecule has 1 aromatic rings. The molecule has 6 heteroatoms. The highest BCUT2D eigenvalue weighted by Crippen LogP contribution is 2.13. The number of benzene rings is 1. The first kappa shape index (κ1) is 14.6. The summed E-state index contributed by atoms with van der Waals surface area (Å²) in [4.78, 5) is 22.8. The van der Waals surface area contributed by atoms with Crippen molar-refractivity contribution in [2.24, 2.45) is 0 Å². The number of esters is 1. The van der Waals surface area contributed by atoms with Gasteiger partial charge in [0.1, 0.15) is 5.75 Å². The Morgan fingerprint density at radius 3 is 2.42 bits per heavy atom. The Kier molecular flexibility index (Phi) is 4.93. The van der Waals surface area contributed by atoms with E-state index >= 15 is 0 Å². The van der Waals surface area contributed by atoms with Crippen LogP contribution in [-0.2, 0) is 9.53 Å². The summed E-state index contributed by atoms with van der Waals surface area (Å²) in [7, 11) is 0. The molecule has 0 saturated heterocycles. The van der Waals surface area contributed by atoms with Crippen LogP contribution in [0.4, 0.5) is 10.5 Å². The van der Waals surface area contributed by atoms with E-state index < -0.39 is 18.2 Å². The number of nitrogens with one attached hydrogen (secondary N) is 2. The highest BCUT2D eigenvalue weighted by molar-refractivity contribution is 5.90. The third-order valence-electron chi connectivity index (χ3n) is 2.09. The molecule has 0 fully saturated rings. The number of carbonyl (C=O) groups excluding carboxylic acids is 2. The van der Waals surface area contributed by atoms with Crippen LogP contribution in [0.25, 0.3) is 0 Å². The molecule has 1 aromatic carbocycles. The van der Waals surface area contributed by atoms with E-state index in [1.54, 1.807) is 12.1 Å². The molecular formula is C13H16N2O4. The number of urea groups is 1. The maximum atomic E-state index is 11.6. The zero-order valence-electron chi connectivity index (χ0n) is 10.8. The van der Waals surface area contributed by atoms with E-state index in [0.717, 1.165) is 0 Å². The van der Waals surface area contributed by atoms with Crippen LogP contribution in [-0.4, -0.2) is 23.3 Å². The van der Waals surface area contributed by atoms with Crippen molar-refractivity contribution in [1.29, 1.82) is 0 Å². The maximum absolute atomic E-state index is 11.6. The third-order valence-corrected chi connectivity index (χ3v) is 2.09. The standard InChI is InChI=1S/C13H16N2O4/c1-8(2)12(17)19-9(3)14-13(18)15-10-4-6-11(16)7-5-10/h4-7,9,16H,1H2,2-3H3,(H2,14,15,18). The second-order valence-electron chi connectivity index (χ2n) is 3.97. The lowest BCUT2D eigenvalue weighted by Crippen LogP contribution is -2.39. The summed E-state index contributed by atoms with van der Waals surface area (Å²) in [5.41, 5.74) is 0.765. The monoisotopic (exact) mass is 264 g/mol. The van der Waals surface area contributed by atoms with Crippen LogP contribution in [0.3, 0.4) is 0 Å². The molecule has 2 amide bonds. The number of hydrogen-bond donors (Lipinski definition) is 3. The molecule has 102 valence electrons. The lowest BCUT2D eigenvalue weighted by atomic mass is 10.3. The highest BCUT2D eigenvalue weighted by atomic mass is 16.6. The normalized spacial score (nSPS) is 11.3. The van der Waals surface area contributed by atoms with Crippen LogP contribution in [0.1, 0.15) is 13.8 Å². The van der Waals surface area contributed by atoms with Gasteiger partial charge in [-0.15, -0.1) is 0 Å². The summed E-state index contributed by atoms with van der Waals surface area (Å²) in [5, 5.41) is 14.1. The average molecular weight is 264 g/mol. The Hall–Kier alpha value is -2.50. The topological polar surface area (TPSA) is 87.7 Å². The van der Waals surface area contributed by atoms with E-state index in [9.17, 15) is 9.59 Å². The van der Waals surface area contributed by atoms with Gasteiger partial charge in [-0.2, -0.15) is 0 Å². The fourth-order valence-electron chi connectivity index (χ4n) is 1.19. The molecule has 1 rings (SSSR count). The minimum atomic E-state index is -0.777. The van der Waals surface area contributed by atoms with Gasteiger partial charge < -0.3 is 20.5 Å². The van der Waals surface area contributed by atoms with Gasteiger partial charge in [-0.05, 0) is 38.1 Å². The summed E-state index contributed by atoms with van der Waals surface area (Å²) in [6, 6.07) is 5.45. The predicted octanol–water partition coefficient (Wildman–Crippen LogP) is 1.98. The first-order valence-electron chi connectivity index (χ1n) is 5.61. The fraction of sp³-hybridized carbons (Fsp3) is 0.231. The van der Waals surface area contributed by atoms with E-state index in [0.29, 0.717) is 5.69 Å². The number of aromatic hydroxyl groups is 1. The summed E-state index contributed by atoms with van der Waals surface area (Å²) in [6.07, 6.45) is -0.777. The molecule has 1 unspecified atom stereocenters. The third kappa shape index (κ3) is 5.12. The van der Waals surface area contributed by atoms with E-state index in [1.807, 2.05) is 0 Å². The number of carbonyl (C=O) groups is 2. The average Bonchev–Trinajstić information content (AvgIpc) is 2.31. The molecule has 0 spiro atoms. The molecule has 0 heterocycles. The Morgan fingerprint density at radius 1 is 1.32 bits per heavy atom. The zero-order valence-corrected chi connectivity index (χ0v) is 10.8. The van der Waals surface area contributed by atoms with Gasteiger partial charge in [0.15, 0.2) is 6.23 Å². The predicted molar refractivity (Wildman–Crippen MR) is 70.6 cm³/mol. The van der Waals surface area contributed by atoms with E-state index in [4.69, 9.17) is 9.84 Å². The van der Waals surface area contributed by atoms with Gasteiger partial charge in [0, 0.05) is 11.3 Å². The SMILES string of the molecule is C=C(C)C(=O)OC(C)NC(=O)Nc1ccc(O)cc1. The molecule has 0 aliphatic rings. The van der Waals surface area contributed by atoms with Gasteiger partial charge in [0.25, 0.3) is 0 Å². The van der Waals surface area contributed by atoms with E-state index in [2.05, 4.69) is 17.2 Å². The molecule has 6 nitrogen and oxygen atoms in total. The van der Waals surface area contributed by atoms with Crippen molar-refractivity contribution in [2.75, 3.05) is 5.32 Å². The van der Waals surface area contributed by atoms with Crippen molar-refractivity contribution >= 4 is 17.7 Å².